The largest absolute Gasteiger partial charge is 0.465 e. The third-order valence-electron chi connectivity index (χ3n) is 4.85. The van der Waals surface area contributed by atoms with Crippen LogP contribution in [0.4, 0.5) is 5.69 Å². The molecule has 0 spiro atoms. The van der Waals surface area contributed by atoms with Crippen molar-refractivity contribution in [1.82, 2.24) is 4.98 Å². The third-order valence-corrected chi connectivity index (χ3v) is 4.85. The second kappa shape index (κ2) is 10.9. The number of benzene rings is 2. The van der Waals surface area contributed by atoms with Gasteiger partial charge in [-0.25, -0.2) is 9.79 Å². The number of esters is 1. The number of nitrogens with two attached hydrogens (primary N) is 1. The normalized spacial score (nSPS) is 13.1. The highest BCUT2D eigenvalue weighted by Crippen LogP contribution is 2.40. The van der Waals surface area contributed by atoms with Crippen molar-refractivity contribution >= 4 is 41.6 Å². The molecule has 0 unspecified atom stereocenters. The zero-order chi connectivity index (χ0) is 21.6. The molecule has 0 amide bonds. The highest BCUT2D eigenvalue weighted by Gasteiger charge is 2.30. The second-order valence-corrected chi connectivity index (χ2v) is 7.27. The predicted molar refractivity (Wildman–Crippen MR) is 135 cm³/mol. The van der Waals surface area contributed by atoms with Crippen molar-refractivity contribution in [3.63, 3.8) is 0 Å². The van der Waals surface area contributed by atoms with E-state index >= 15 is 0 Å². The fourth-order valence-electron chi connectivity index (χ4n) is 3.17. The molecule has 32 heavy (non-hydrogen) atoms. The van der Waals surface area contributed by atoms with E-state index in [0.717, 1.165) is 35.7 Å². The van der Waals surface area contributed by atoms with Crippen molar-refractivity contribution in [2.45, 2.75) is 25.3 Å². The lowest BCUT2D eigenvalue weighted by Crippen LogP contribution is -2.22. The molecular formula is C24H25IN4O3. The summed E-state index contributed by atoms with van der Waals surface area (Å²) in [4.78, 5) is 21.0. The molecule has 1 aliphatic carbocycles. The molecule has 8 heteroatoms. The molecule has 1 saturated carbocycles. The van der Waals surface area contributed by atoms with Crippen molar-refractivity contribution in [3.05, 3.63) is 83.7 Å². The van der Waals surface area contributed by atoms with Crippen LogP contribution in [0.15, 0.2) is 71.7 Å². The average Bonchev–Trinajstić information content (AvgIpc) is 3.63. The molecule has 0 bridgehead atoms. The average molecular weight is 544 g/mol. The van der Waals surface area contributed by atoms with Crippen LogP contribution in [0.1, 0.15) is 40.5 Å². The Kier molecular flexibility index (Phi) is 8.04. The van der Waals surface area contributed by atoms with Gasteiger partial charge in [-0.2, -0.15) is 0 Å². The van der Waals surface area contributed by atoms with Gasteiger partial charge in [0.05, 0.1) is 30.6 Å². The van der Waals surface area contributed by atoms with Gasteiger partial charge >= 0.3 is 5.97 Å². The Hall–Kier alpha value is -3.14. The molecule has 1 heterocycles. The fourth-order valence-corrected chi connectivity index (χ4v) is 3.17. The minimum Gasteiger partial charge on any atom is -0.465 e. The van der Waals surface area contributed by atoms with Crippen LogP contribution >= 0.6 is 24.0 Å². The summed E-state index contributed by atoms with van der Waals surface area (Å²) in [6, 6.07) is 20.6. The Bertz CT molecular complexity index is 1100. The number of aliphatic imine (C=N–C) groups is 1. The first kappa shape index (κ1) is 23.5. The Labute approximate surface area is 204 Å². The van der Waals surface area contributed by atoms with Crippen LogP contribution < -0.4 is 15.8 Å². The Morgan fingerprint density at radius 2 is 1.84 bits per heavy atom. The number of hydrogen-bond acceptors (Lipinski definition) is 5. The summed E-state index contributed by atoms with van der Waals surface area (Å²) in [5, 5.41) is 3.07. The van der Waals surface area contributed by atoms with Crippen LogP contribution in [-0.2, 0) is 11.3 Å². The number of hydrogen-bond donors (Lipinski definition) is 2. The number of carbonyl (C=O) groups excluding carboxylic acids is 1. The molecule has 0 radical (unpaired) electrons. The summed E-state index contributed by atoms with van der Waals surface area (Å²) in [5.41, 5.74) is 8.89. The van der Waals surface area contributed by atoms with Crippen LogP contribution in [0, 0.1) is 0 Å². The van der Waals surface area contributed by atoms with Gasteiger partial charge in [-0.05, 0) is 49.2 Å². The van der Waals surface area contributed by atoms with Gasteiger partial charge in [-0.3, -0.25) is 4.98 Å². The van der Waals surface area contributed by atoms with Crippen molar-refractivity contribution in [1.29, 1.82) is 0 Å². The van der Waals surface area contributed by atoms with Gasteiger partial charge < -0.3 is 20.5 Å². The molecule has 1 aromatic heterocycles. The summed E-state index contributed by atoms with van der Waals surface area (Å²) in [6.45, 7) is 0.306. The van der Waals surface area contributed by atoms with E-state index < -0.39 is 0 Å². The van der Waals surface area contributed by atoms with E-state index in [1.807, 2.05) is 54.6 Å². The lowest BCUT2D eigenvalue weighted by Gasteiger charge is -2.10. The van der Waals surface area contributed by atoms with Gasteiger partial charge in [0.25, 0.3) is 0 Å². The number of rotatable bonds is 7. The van der Waals surface area contributed by atoms with Crippen LogP contribution in [0.3, 0.4) is 0 Å². The summed E-state index contributed by atoms with van der Waals surface area (Å²) in [6.07, 6.45) is 2.07. The van der Waals surface area contributed by atoms with Gasteiger partial charge in [0.1, 0.15) is 11.5 Å². The summed E-state index contributed by atoms with van der Waals surface area (Å²) < 4.78 is 10.7. The van der Waals surface area contributed by atoms with E-state index in [2.05, 4.69) is 15.3 Å². The zero-order valence-electron chi connectivity index (χ0n) is 17.7. The number of nitrogens with zero attached hydrogens (tertiary/aromatic N) is 2. The van der Waals surface area contributed by atoms with Crippen LogP contribution in [-0.4, -0.2) is 24.0 Å². The van der Waals surface area contributed by atoms with E-state index in [0.29, 0.717) is 23.8 Å². The fraction of sp³-hybridized carbons (Fsp3) is 0.208. The van der Waals surface area contributed by atoms with Crippen LogP contribution in [0.5, 0.6) is 11.5 Å². The van der Waals surface area contributed by atoms with Crippen molar-refractivity contribution in [3.8, 4) is 11.5 Å². The van der Waals surface area contributed by atoms with Crippen molar-refractivity contribution in [2.75, 3.05) is 12.4 Å². The number of aromatic nitrogens is 1. The first-order valence-corrected chi connectivity index (χ1v) is 10.1. The van der Waals surface area contributed by atoms with Crippen LogP contribution in [0.2, 0.25) is 0 Å². The molecular weight excluding hydrogens is 519 g/mol. The summed E-state index contributed by atoms with van der Waals surface area (Å²) in [5.74, 6) is 1.68. The van der Waals surface area contributed by atoms with Gasteiger partial charge in [0, 0.05) is 17.7 Å². The number of ether oxygens (including phenoxy) is 2. The van der Waals surface area contributed by atoms with E-state index in [4.69, 9.17) is 15.2 Å². The molecule has 7 nitrogen and oxygen atoms in total. The molecule has 3 aromatic rings. The Morgan fingerprint density at radius 3 is 2.56 bits per heavy atom. The molecule has 0 atom stereocenters. The maximum atomic E-state index is 12.0. The molecule has 1 fully saturated rings. The number of guanidine groups is 1. The molecule has 3 N–H and O–H groups in total. The number of methoxy groups -OCH3 is 1. The van der Waals surface area contributed by atoms with E-state index in [1.165, 1.54) is 7.11 Å². The van der Waals surface area contributed by atoms with E-state index in [9.17, 15) is 4.79 Å². The summed E-state index contributed by atoms with van der Waals surface area (Å²) >= 11 is 0. The van der Waals surface area contributed by atoms with Crippen LogP contribution in [0.25, 0.3) is 0 Å². The minimum absolute atomic E-state index is 0. The smallest absolute Gasteiger partial charge is 0.339 e. The molecule has 166 valence electrons. The lowest BCUT2D eigenvalue weighted by molar-refractivity contribution is 0.0598. The number of carbonyl (C=O) groups is 1. The van der Waals surface area contributed by atoms with Crippen molar-refractivity contribution < 1.29 is 14.3 Å². The summed E-state index contributed by atoms with van der Waals surface area (Å²) in [7, 11) is 1.38. The van der Waals surface area contributed by atoms with E-state index in [-0.39, 0.29) is 35.9 Å². The van der Waals surface area contributed by atoms with E-state index in [1.54, 1.807) is 12.1 Å². The molecule has 0 saturated heterocycles. The molecule has 4 rings (SSSR count). The predicted octanol–water partition coefficient (Wildman–Crippen LogP) is 5.08. The number of para-hydroxylation sites is 1. The highest BCUT2D eigenvalue weighted by atomic mass is 127. The topological polar surface area (TPSA) is 98.8 Å². The number of halogens is 1. The third kappa shape index (κ3) is 6.19. The number of nitrogens with one attached hydrogen (secondary N) is 1. The quantitative estimate of drug-likeness (QED) is 0.186. The highest BCUT2D eigenvalue weighted by molar-refractivity contribution is 14.0. The monoisotopic (exact) mass is 544 g/mol. The van der Waals surface area contributed by atoms with Gasteiger partial charge in [0.2, 0.25) is 0 Å². The lowest BCUT2D eigenvalue weighted by atomic mass is 10.1. The standard InChI is InChI=1S/C24H24N4O3.HI/c1-30-23(29)21-13-12-18(27-22(21)16-10-11-16)15-26-24(25)28-17-6-5-9-20(14-17)31-19-7-3-2-4-8-19;/h2-9,12-14,16H,10-11,15H2,1H3,(H3,25,26,28);1H. The number of anilines is 1. The molecule has 2 aromatic carbocycles. The van der Waals surface area contributed by atoms with Gasteiger partial charge in [-0.15, -0.1) is 24.0 Å². The zero-order valence-corrected chi connectivity index (χ0v) is 20.0. The van der Waals surface area contributed by atoms with Crippen molar-refractivity contribution in [2.24, 2.45) is 10.7 Å². The number of pyridine rings is 1. The Balaban J connectivity index is 0.00000289. The Morgan fingerprint density at radius 1 is 1.09 bits per heavy atom. The maximum Gasteiger partial charge on any atom is 0.339 e. The molecule has 1 aliphatic rings. The molecule has 0 aliphatic heterocycles. The SMILES string of the molecule is COC(=O)c1ccc(CN=C(N)Nc2cccc(Oc3ccccc3)c2)nc1C1CC1.I. The second-order valence-electron chi connectivity index (χ2n) is 7.27. The van der Waals surface area contributed by atoms with Gasteiger partial charge in [-0.1, -0.05) is 24.3 Å². The first-order valence-electron chi connectivity index (χ1n) is 10.1. The van der Waals surface area contributed by atoms with Gasteiger partial charge in [0.15, 0.2) is 5.96 Å². The minimum atomic E-state index is -0.358. The maximum absolute atomic E-state index is 12.0. The first-order chi connectivity index (χ1) is 15.1.